The second-order valence-electron chi connectivity index (χ2n) is 35.2. The van der Waals surface area contributed by atoms with Crippen molar-refractivity contribution in [1.82, 2.24) is 19.9 Å². The molecule has 4 heteroatoms. The van der Waals surface area contributed by atoms with E-state index < -0.39 is 0 Å². The van der Waals surface area contributed by atoms with E-state index in [2.05, 4.69) is 437 Å². The quantitative estimate of drug-likeness (QED) is 0.142. The summed E-state index contributed by atoms with van der Waals surface area (Å²) in [6.07, 6.45) is 3.86. The molecule has 0 saturated heterocycles. The summed E-state index contributed by atoms with van der Waals surface area (Å²) in [5.74, 6) is 0. The van der Waals surface area contributed by atoms with Gasteiger partial charge in [0.05, 0.1) is 33.5 Å². The van der Waals surface area contributed by atoms with Gasteiger partial charge in [0.25, 0.3) is 0 Å². The van der Waals surface area contributed by atoms with Crippen molar-refractivity contribution in [2.75, 3.05) is 0 Å². The molecule has 0 atom stereocenters. The third kappa shape index (κ3) is 12.0. The van der Waals surface area contributed by atoms with Gasteiger partial charge >= 0.3 is 0 Å². The summed E-state index contributed by atoms with van der Waals surface area (Å²) in [7, 11) is 0. The molecule has 0 bridgehead atoms. The van der Waals surface area contributed by atoms with Crippen molar-refractivity contribution in [3.63, 3.8) is 0 Å². The number of nitrogens with zero attached hydrogens (tertiary/aromatic N) is 4. The van der Waals surface area contributed by atoms with Crippen molar-refractivity contribution < 1.29 is 0 Å². The van der Waals surface area contributed by atoms with Gasteiger partial charge in [-0.3, -0.25) is 9.97 Å². The van der Waals surface area contributed by atoms with Gasteiger partial charge in [-0.25, -0.2) is 9.97 Å². The fourth-order valence-electron chi connectivity index (χ4n) is 21.9. The van der Waals surface area contributed by atoms with Crippen molar-refractivity contribution in [2.24, 2.45) is 0 Å². The van der Waals surface area contributed by atoms with Crippen LogP contribution in [0.3, 0.4) is 0 Å². The first kappa shape index (κ1) is 74.8. The Morgan fingerprint density at radius 3 is 0.780 bits per heavy atom. The lowest BCUT2D eigenvalue weighted by Crippen LogP contribution is -1.94. The van der Waals surface area contributed by atoms with Crippen molar-refractivity contribution in [1.29, 1.82) is 0 Å². The van der Waals surface area contributed by atoms with E-state index in [9.17, 15) is 0 Å². The van der Waals surface area contributed by atoms with E-state index >= 15 is 0 Å². The summed E-state index contributed by atoms with van der Waals surface area (Å²) in [5.41, 5.74) is 21.9. The van der Waals surface area contributed by atoms with Gasteiger partial charge in [-0.15, -0.1) is 0 Å². The third-order valence-corrected chi connectivity index (χ3v) is 28.1. The Labute approximate surface area is 759 Å². The predicted molar refractivity (Wildman–Crippen MR) is 563 cm³/mol. The molecule has 28 aromatic rings. The van der Waals surface area contributed by atoms with Crippen LogP contribution in [0.5, 0.6) is 0 Å². The van der Waals surface area contributed by atoms with Crippen LogP contribution in [0.15, 0.2) is 461 Å². The van der Waals surface area contributed by atoms with Gasteiger partial charge in [-0.2, -0.15) is 0 Å². The Kier molecular flexibility index (Phi) is 17.1. The minimum Gasteiger partial charge on any atom is -0.256 e. The molecule has 0 saturated carbocycles. The smallest absolute Gasteiger partial charge is 0.0794 e. The van der Waals surface area contributed by atoms with E-state index in [4.69, 9.17) is 19.9 Å². The molecule has 132 heavy (non-hydrogen) atoms. The molecule has 0 unspecified atom stereocenters. The van der Waals surface area contributed by atoms with Gasteiger partial charge < -0.3 is 0 Å². The summed E-state index contributed by atoms with van der Waals surface area (Å²) in [6.45, 7) is 0. The Morgan fingerprint density at radius 1 is 0.129 bits per heavy atom. The molecule has 0 amide bonds. The third-order valence-electron chi connectivity index (χ3n) is 28.1. The van der Waals surface area contributed by atoms with Gasteiger partial charge in [0, 0.05) is 67.0 Å². The second-order valence-corrected chi connectivity index (χ2v) is 35.2. The number of fused-ring (bicyclic) bond motifs is 32. The maximum atomic E-state index is 5.67. The van der Waals surface area contributed by atoms with E-state index in [0.29, 0.717) is 0 Å². The average molecular weight is 1670 g/mol. The van der Waals surface area contributed by atoms with Crippen molar-refractivity contribution in [3.8, 4) is 89.3 Å². The van der Waals surface area contributed by atoms with E-state index in [1.807, 2.05) is 24.5 Å². The molecule has 0 fully saturated rings. The van der Waals surface area contributed by atoms with E-state index in [1.54, 1.807) is 0 Å². The minimum atomic E-state index is 0.950. The SMILES string of the molecule is c1ccc2ncc(-c3ccc(-c4cc5c(-c6ccc7c8ccccc8c8ccccc8c7c6)cc(-c6ccc7c8ccccc8c8ccccc8c7c6)nc5c5ccccc45)cc3)cc2c1.c1cnc2c(-c3ccc(-c4cc5c(-c6ccc7c8ccccc8c8ccccc8c7c6)cc(-c6ccc7c8ccccc8c8ccccc8c7c6)nc5c5ccccc45)cc3)cccc2c1. The van der Waals surface area contributed by atoms with Crippen LogP contribution in [0.25, 0.3) is 284 Å². The van der Waals surface area contributed by atoms with Crippen LogP contribution in [-0.2, 0) is 0 Å². The zero-order valence-electron chi connectivity index (χ0n) is 71.7. The predicted octanol–water partition coefficient (Wildman–Crippen LogP) is 35.0. The van der Waals surface area contributed by atoms with Gasteiger partial charge in [0.2, 0.25) is 0 Å². The summed E-state index contributed by atoms with van der Waals surface area (Å²) in [6, 6.07) is 165. The van der Waals surface area contributed by atoms with Crippen LogP contribution >= 0.6 is 0 Å². The largest absolute Gasteiger partial charge is 0.256 e. The number of hydrogen-bond acceptors (Lipinski definition) is 4. The van der Waals surface area contributed by atoms with Crippen molar-refractivity contribution >= 4 is 194 Å². The Bertz CT molecular complexity index is 9650. The molecule has 4 aromatic heterocycles. The number of pyridine rings is 4. The number of benzene rings is 24. The standard InChI is InChI=1S/2C64H38N2/c1-12-24-62-42(13-1)33-44(38-65-62)39-25-27-40(28-26-39)57-36-61-58(41-29-31-54-49-18-4-2-14-45(49)47-16-6-8-20-51(47)59(54)34-41)37-63(66-64(61)56-23-11-10-22-53(56)57)43-30-32-55-50-19-5-3-15-46(50)48-17-7-9-21-52(48)60(55)35-43;1-3-19-49-45(15-1)47-17-5-7-21-51(47)59-35-42(30-32-54(49)59)58-38-62(43-31-33-55-50-20-4-2-16-46(50)48-18-6-8-22-52(48)60(55)36-43)66-64-56-24-10-9-23-53(56)57(37-61(58)64)40-28-26-39(27-29-40)44-25-11-13-41-14-12-34-65-63(41)44/h2*1-38H. The maximum absolute atomic E-state index is 5.67. The topological polar surface area (TPSA) is 51.6 Å². The highest BCUT2D eigenvalue weighted by molar-refractivity contribution is 6.31. The van der Waals surface area contributed by atoms with Crippen molar-refractivity contribution in [3.05, 3.63) is 461 Å². The molecule has 4 nitrogen and oxygen atoms in total. The van der Waals surface area contributed by atoms with E-state index in [0.717, 1.165) is 133 Å². The highest BCUT2D eigenvalue weighted by atomic mass is 14.7. The Hall–Kier alpha value is -17.4. The molecule has 0 aliphatic heterocycles. The zero-order chi connectivity index (χ0) is 86.6. The number of rotatable bonds is 8. The fraction of sp³-hybridized carbons (Fsp3) is 0. The van der Waals surface area contributed by atoms with Crippen LogP contribution in [-0.4, -0.2) is 19.9 Å². The molecule has 28 rings (SSSR count). The summed E-state index contributed by atoms with van der Waals surface area (Å²) >= 11 is 0. The monoisotopic (exact) mass is 1670 g/mol. The van der Waals surface area contributed by atoms with Crippen LogP contribution in [0.1, 0.15) is 0 Å². The summed E-state index contributed by atoms with van der Waals surface area (Å²) < 4.78 is 0. The van der Waals surface area contributed by atoms with Gasteiger partial charge in [0.15, 0.2) is 0 Å². The van der Waals surface area contributed by atoms with Crippen molar-refractivity contribution in [2.45, 2.75) is 0 Å². The molecule has 0 aliphatic carbocycles. The second kappa shape index (κ2) is 30.1. The Morgan fingerprint density at radius 2 is 0.402 bits per heavy atom. The average Bonchev–Trinajstić information content (AvgIpc) is 0.741. The van der Waals surface area contributed by atoms with Crippen LogP contribution in [0, 0.1) is 0 Å². The minimum absolute atomic E-state index is 0.950. The van der Waals surface area contributed by atoms with Crippen LogP contribution in [0.4, 0.5) is 0 Å². The fourth-order valence-corrected chi connectivity index (χ4v) is 21.9. The normalized spacial score (nSPS) is 11.9. The van der Waals surface area contributed by atoms with Crippen LogP contribution in [0.2, 0.25) is 0 Å². The van der Waals surface area contributed by atoms with Gasteiger partial charge in [-0.05, 0) is 262 Å². The van der Waals surface area contributed by atoms with Crippen LogP contribution < -0.4 is 0 Å². The maximum Gasteiger partial charge on any atom is 0.0794 e. The molecular formula is C128H76N4. The molecule has 608 valence electrons. The summed E-state index contributed by atoms with van der Waals surface area (Å²) in [4.78, 5) is 20.9. The number of hydrogen-bond donors (Lipinski definition) is 0. The molecule has 0 N–H and O–H groups in total. The first-order valence-electron chi connectivity index (χ1n) is 45.4. The summed E-state index contributed by atoms with van der Waals surface area (Å²) in [5, 5.41) is 39.4. The Balaban J connectivity index is 0.000000135. The first-order valence-corrected chi connectivity index (χ1v) is 45.4. The van der Waals surface area contributed by atoms with E-state index in [-0.39, 0.29) is 0 Å². The van der Waals surface area contributed by atoms with Gasteiger partial charge in [-0.1, -0.05) is 382 Å². The first-order chi connectivity index (χ1) is 65.4. The van der Waals surface area contributed by atoms with Gasteiger partial charge in [0.1, 0.15) is 0 Å². The van der Waals surface area contributed by atoms with E-state index in [1.165, 1.54) is 151 Å². The molecule has 24 aromatic carbocycles. The molecular weight excluding hydrogens is 1590 g/mol. The zero-order valence-corrected chi connectivity index (χ0v) is 71.7. The molecule has 0 aliphatic rings. The molecule has 0 radical (unpaired) electrons. The lowest BCUT2D eigenvalue weighted by Gasteiger charge is -2.17. The lowest BCUT2D eigenvalue weighted by atomic mass is 9.88. The number of aromatic nitrogens is 4. The molecule has 0 spiro atoms. The highest BCUT2D eigenvalue weighted by Gasteiger charge is 2.24. The number of para-hydroxylation sites is 2. The lowest BCUT2D eigenvalue weighted by molar-refractivity contribution is 1.41. The highest BCUT2D eigenvalue weighted by Crippen LogP contribution is 2.49. The molecule has 4 heterocycles.